The van der Waals surface area contributed by atoms with E-state index in [-0.39, 0.29) is 5.91 Å². The summed E-state index contributed by atoms with van der Waals surface area (Å²) in [5.74, 6) is 0.816. The van der Waals surface area contributed by atoms with Crippen molar-refractivity contribution in [3.8, 4) is 0 Å². The van der Waals surface area contributed by atoms with Crippen molar-refractivity contribution in [1.29, 1.82) is 0 Å². The molecule has 6 heteroatoms. The maximum atomic E-state index is 11.9. The third-order valence-corrected chi connectivity index (χ3v) is 2.71. The highest BCUT2D eigenvalue weighted by Gasteiger charge is 2.36. The molecule has 1 aromatic rings. The summed E-state index contributed by atoms with van der Waals surface area (Å²) in [5.41, 5.74) is 5.15. The molecule has 0 aliphatic carbocycles. The molecule has 0 saturated carbocycles. The second-order valence-corrected chi connectivity index (χ2v) is 4.05. The Kier molecular flexibility index (Phi) is 2.93. The van der Waals surface area contributed by atoms with Crippen LogP contribution in [0.15, 0.2) is 10.6 Å². The summed E-state index contributed by atoms with van der Waals surface area (Å²) in [6.45, 7) is 2.79. The number of amides is 1. The van der Waals surface area contributed by atoms with Crippen molar-refractivity contribution in [2.45, 2.75) is 25.3 Å². The third kappa shape index (κ3) is 2.23. The summed E-state index contributed by atoms with van der Waals surface area (Å²) in [7, 11) is 0. The van der Waals surface area contributed by atoms with Crippen LogP contribution in [0.4, 0.5) is 5.82 Å². The zero-order chi connectivity index (χ0) is 11.6. The first kappa shape index (κ1) is 11.1. The van der Waals surface area contributed by atoms with Crippen LogP contribution in [0.2, 0.25) is 0 Å². The zero-order valence-corrected chi connectivity index (χ0v) is 9.16. The van der Waals surface area contributed by atoms with E-state index in [1.807, 2.05) is 0 Å². The van der Waals surface area contributed by atoms with Gasteiger partial charge in [-0.3, -0.25) is 4.79 Å². The van der Waals surface area contributed by atoms with E-state index in [2.05, 4.69) is 10.5 Å². The fourth-order valence-electron chi connectivity index (χ4n) is 1.63. The van der Waals surface area contributed by atoms with Crippen LogP contribution in [0, 0.1) is 6.92 Å². The van der Waals surface area contributed by atoms with Gasteiger partial charge in [0.25, 0.3) is 0 Å². The number of anilines is 1. The van der Waals surface area contributed by atoms with Gasteiger partial charge >= 0.3 is 0 Å². The molecule has 6 nitrogen and oxygen atoms in total. The van der Waals surface area contributed by atoms with Gasteiger partial charge in [0.1, 0.15) is 11.3 Å². The molecule has 2 heterocycles. The molecule has 0 bridgehead atoms. The molecule has 1 aliphatic heterocycles. The topological polar surface area (TPSA) is 90.4 Å². The van der Waals surface area contributed by atoms with Crippen molar-refractivity contribution < 1.29 is 14.1 Å². The molecule has 1 saturated heterocycles. The molecule has 0 spiro atoms. The van der Waals surface area contributed by atoms with Crippen molar-refractivity contribution >= 4 is 11.7 Å². The number of carbonyl (C=O) groups is 1. The van der Waals surface area contributed by atoms with Crippen LogP contribution in [0.25, 0.3) is 0 Å². The van der Waals surface area contributed by atoms with E-state index in [0.29, 0.717) is 37.6 Å². The number of rotatable bonds is 2. The summed E-state index contributed by atoms with van der Waals surface area (Å²) < 4.78 is 10.0. The number of ether oxygens (including phenoxy) is 1. The molecule has 0 unspecified atom stereocenters. The summed E-state index contributed by atoms with van der Waals surface area (Å²) >= 11 is 0. The Morgan fingerprint density at radius 3 is 2.81 bits per heavy atom. The molecule has 16 heavy (non-hydrogen) atoms. The highest BCUT2D eigenvalue weighted by molar-refractivity contribution is 5.97. The normalized spacial score (nSPS) is 19.4. The lowest BCUT2D eigenvalue weighted by atomic mass is 9.90. The van der Waals surface area contributed by atoms with Crippen LogP contribution in [-0.2, 0) is 9.53 Å². The van der Waals surface area contributed by atoms with Gasteiger partial charge in [-0.05, 0) is 19.8 Å². The van der Waals surface area contributed by atoms with Gasteiger partial charge in [0.2, 0.25) is 5.91 Å². The molecule has 1 aliphatic rings. The number of hydrogen-bond donors (Lipinski definition) is 2. The minimum absolute atomic E-state index is 0.232. The number of hydrogen-bond acceptors (Lipinski definition) is 5. The summed E-state index contributed by atoms with van der Waals surface area (Å²) in [6, 6.07) is 1.65. The largest absolute Gasteiger partial charge is 0.381 e. The summed E-state index contributed by atoms with van der Waals surface area (Å²) in [6.07, 6.45) is 1.05. The molecule has 1 amide bonds. The second-order valence-electron chi connectivity index (χ2n) is 4.05. The van der Waals surface area contributed by atoms with Crippen LogP contribution in [0.3, 0.4) is 0 Å². The fraction of sp³-hybridized carbons (Fsp3) is 0.600. The van der Waals surface area contributed by atoms with E-state index in [9.17, 15) is 4.79 Å². The maximum Gasteiger partial charge on any atom is 0.245 e. The van der Waals surface area contributed by atoms with Gasteiger partial charge in [0.15, 0.2) is 5.82 Å². The molecule has 1 aromatic heterocycles. The van der Waals surface area contributed by atoms with Crippen LogP contribution < -0.4 is 11.1 Å². The Balaban J connectivity index is 2.01. The van der Waals surface area contributed by atoms with E-state index in [1.54, 1.807) is 13.0 Å². The van der Waals surface area contributed by atoms with E-state index in [0.717, 1.165) is 0 Å². The van der Waals surface area contributed by atoms with E-state index in [1.165, 1.54) is 0 Å². The van der Waals surface area contributed by atoms with Crippen molar-refractivity contribution in [1.82, 2.24) is 5.16 Å². The van der Waals surface area contributed by atoms with Crippen LogP contribution in [0.5, 0.6) is 0 Å². The van der Waals surface area contributed by atoms with Crippen LogP contribution >= 0.6 is 0 Å². The Hall–Kier alpha value is -1.40. The molecule has 0 radical (unpaired) electrons. The monoisotopic (exact) mass is 225 g/mol. The Bertz CT molecular complexity index is 382. The van der Waals surface area contributed by atoms with Gasteiger partial charge in [-0.25, -0.2) is 0 Å². The molecule has 2 rings (SSSR count). The Morgan fingerprint density at radius 1 is 1.56 bits per heavy atom. The average Bonchev–Trinajstić information content (AvgIpc) is 2.65. The maximum absolute atomic E-state index is 11.9. The quantitative estimate of drug-likeness (QED) is 0.761. The SMILES string of the molecule is Cc1cc(NC(=O)C2(N)CCOCC2)no1. The third-order valence-electron chi connectivity index (χ3n) is 2.71. The van der Waals surface area contributed by atoms with Crippen molar-refractivity contribution in [3.05, 3.63) is 11.8 Å². The lowest BCUT2D eigenvalue weighted by molar-refractivity contribution is -0.124. The van der Waals surface area contributed by atoms with Gasteiger partial charge in [0, 0.05) is 19.3 Å². The summed E-state index contributed by atoms with van der Waals surface area (Å²) in [5, 5.41) is 6.34. The zero-order valence-electron chi connectivity index (χ0n) is 9.16. The molecule has 88 valence electrons. The number of aromatic nitrogens is 1. The average molecular weight is 225 g/mol. The van der Waals surface area contributed by atoms with Gasteiger partial charge in [0.05, 0.1) is 0 Å². The van der Waals surface area contributed by atoms with Crippen molar-refractivity contribution in [3.63, 3.8) is 0 Å². The predicted octanol–water partition coefficient (Wildman–Crippen LogP) is 0.429. The van der Waals surface area contributed by atoms with E-state index in [4.69, 9.17) is 15.0 Å². The molecule has 1 fully saturated rings. The first-order valence-electron chi connectivity index (χ1n) is 5.21. The molecule has 3 N–H and O–H groups in total. The van der Waals surface area contributed by atoms with Gasteiger partial charge in [-0.1, -0.05) is 5.16 Å². The molecule has 0 atom stereocenters. The minimum Gasteiger partial charge on any atom is -0.381 e. The first-order chi connectivity index (χ1) is 7.60. The van der Waals surface area contributed by atoms with E-state index >= 15 is 0 Å². The Labute approximate surface area is 93.1 Å². The lowest BCUT2D eigenvalue weighted by Crippen LogP contribution is -2.54. The number of nitrogens with one attached hydrogen (secondary N) is 1. The highest BCUT2D eigenvalue weighted by Crippen LogP contribution is 2.20. The second kappa shape index (κ2) is 4.23. The standard InChI is InChI=1S/C10H15N3O3/c1-7-6-8(13-16-7)12-9(14)10(11)2-4-15-5-3-10/h6H,2-5,11H2,1H3,(H,12,13,14). The number of aryl methyl sites for hydroxylation is 1. The van der Waals surface area contributed by atoms with Crippen molar-refractivity contribution in [2.75, 3.05) is 18.5 Å². The van der Waals surface area contributed by atoms with Crippen LogP contribution in [-0.4, -0.2) is 29.8 Å². The lowest BCUT2D eigenvalue weighted by Gasteiger charge is -2.31. The van der Waals surface area contributed by atoms with Gasteiger partial charge in [-0.2, -0.15) is 0 Å². The van der Waals surface area contributed by atoms with Crippen molar-refractivity contribution in [2.24, 2.45) is 5.73 Å². The highest BCUT2D eigenvalue weighted by atomic mass is 16.5. The minimum atomic E-state index is -0.856. The number of nitrogens with two attached hydrogens (primary N) is 1. The molecule has 0 aromatic carbocycles. The fourth-order valence-corrected chi connectivity index (χ4v) is 1.63. The Morgan fingerprint density at radius 2 is 2.25 bits per heavy atom. The predicted molar refractivity (Wildman–Crippen MR) is 56.8 cm³/mol. The van der Waals surface area contributed by atoms with Gasteiger partial charge in [-0.15, -0.1) is 0 Å². The number of nitrogens with zero attached hydrogens (tertiary/aromatic N) is 1. The van der Waals surface area contributed by atoms with E-state index < -0.39 is 5.54 Å². The van der Waals surface area contributed by atoms with Gasteiger partial charge < -0.3 is 20.3 Å². The smallest absolute Gasteiger partial charge is 0.245 e. The summed E-state index contributed by atoms with van der Waals surface area (Å²) in [4.78, 5) is 11.9. The molecular formula is C10H15N3O3. The molecular weight excluding hydrogens is 210 g/mol. The first-order valence-corrected chi connectivity index (χ1v) is 5.21. The number of carbonyl (C=O) groups excluding carboxylic acids is 1. The van der Waals surface area contributed by atoms with Crippen LogP contribution in [0.1, 0.15) is 18.6 Å².